The third-order valence-corrected chi connectivity index (χ3v) is 3.94. The summed E-state index contributed by atoms with van der Waals surface area (Å²) in [4.78, 5) is 26.5. The molecule has 2 aromatic rings. The molecule has 0 saturated heterocycles. The third-order valence-electron chi connectivity index (χ3n) is 2.80. The van der Waals surface area contributed by atoms with E-state index in [1.807, 2.05) is 0 Å². The molecule has 9 nitrogen and oxygen atoms in total. The van der Waals surface area contributed by atoms with Crippen molar-refractivity contribution in [2.24, 2.45) is 12.1 Å². The van der Waals surface area contributed by atoms with E-state index in [2.05, 4.69) is 15.5 Å². The van der Waals surface area contributed by atoms with Crippen molar-refractivity contribution in [3.05, 3.63) is 46.3 Å². The van der Waals surface area contributed by atoms with Crippen LogP contribution in [-0.4, -0.2) is 26.6 Å². The fourth-order valence-corrected chi connectivity index (χ4v) is 2.57. The SMILES string of the molecule is Cn1ccnc1Sc1ccc(C=NNC(=O)CC#N)cc1[N+](=O)[O-]. The van der Waals surface area contributed by atoms with Crippen LogP contribution < -0.4 is 5.43 Å². The number of imidazole rings is 1. The molecular weight excluding hydrogens is 332 g/mol. The van der Waals surface area contributed by atoms with Gasteiger partial charge >= 0.3 is 0 Å². The lowest BCUT2D eigenvalue weighted by Crippen LogP contribution is -2.16. The van der Waals surface area contributed by atoms with Gasteiger partial charge in [0, 0.05) is 31.1 Å². The monoisotopic (exact) mass is 344 g/mol. The van der Waals surface area contributed by atoms with Crippen molar-refractivity contribution in [2.75, 3.05) is 0 Å². The molecule has 0 bridgehead atoms. The second kappa shape index (κ2) is 7.89. The second-order valence-corrected chi connectivity index (χ2v) is 5.54. The molecule has 1 aromatic heterocycles. The van der Waals surface area contributed by atoms with Gasteiger partial charge in [0.2, 0.25) is 0 Å². The number of carbonyl (C=O) groups is 1. The summed E-state index contributed by atoms with van der Waals surface area (Å²) >= 11 is 1.18. The summed E-state index contributed by atoms with van der Waals surface area (Å²) in [6, 6.07) is 6.27. The van der Waals surface area contributed by atoms with Gasteiger partial charge in [-0.1, -0.05) is 6.07 Å². The lowest BCUT2D eigenvalue weighted by molar-refractivity contribution is -0.387. The van der Waals surface area contributed by atoms with Crippen molar-refractivity contribution in [1.29, 1.82) is 5.26 Å². The Morgan fingerprint density at radius 3 is 3.04 bits per heavy atom. The fraction of sp³-hybridized carbons (Fsp3) is 0.143. The molecular formula is C14H12N6O3S. The van der Waals surface area contributed by atoms with E-state index in [1.165, 1.54) is 24.0 Å². The highest BCUT2D eigenvalue weighted by Gasteiger charge is 2.17. The number of rotatable bonds is 6. The van der Waals surface area contributed by atoms with Crippen LogP contribution in [0.1, 0.15) is 12.0 Å². The zero-order valence-corrected chi connectivity index (χ0v) is 13.4. The number of aromatic nitrogens is 2. The highest BCUT2D eigenvalue weighted by atomic mass is 32.2. The van der Waals surface area contributed by atoms with Crippen LogP contribution in [0.3, 0.4) is 0 Å². The summed E-state index contributed by atoms with van der Waals surface area (Å²) in [6.45, 7) is 0. The van der Waals surface area contributed by atoms with Gasteiger partial charge in [-0.05, 0) is 17.8 Å². The van der Waals surface area contributed by atoms with E-state index in [1.54, 1.807) is 42.2 Å². The number of nitro benzene ring substituents is 1. The Labute approximate surface area is 141 Å². The van der Waals surface area contributed by atoms with Crippen molar-refractivity contribution in [3.63, 3.8) is 0 Å². The van der Waals surface area contributed by atoms with E-state index in [9.17, 15) is 14.9 Å². The largest absolute Gasteiger partial charge is 0.329 e. The van der Waals surface area contributed by atoms with Crippen LogP contribution >= 0.6 is 11.8 Å². The maximum absolute atomic E-state index is 11.3. The van der Waals surface area contributed by atoms with Crippen LogP contribution in [0.4, 0.5) is 5.69 Å². The van der Waals surface area contributed by atoms with E-state index in [0.29, 0.717) is 15.6 Å². The summed E-state index contributed by atoms with van der Waals surface area (Å²) in [6.07, 6.45) is 4.33. The molecule has 122 valence electrons. The Morgan fingerprint density at radius 2 is 2.42 bits per heavy atom. The van der Waals surface area contributed by atoms with Crippen molar-refractivity contribution >= 4 is 29.6 Å². The molecule has 1 N–H and O–H groups in total. The van der Waals surface area contributed by atoms with Gasteiger partial charge in [-0.25, -0.2) is 10.4 Å². The normalized spacial score (nSPS) is 10.5. The zero-order chi connectivity index (χ0) is 17.5. The summed E-state index contributed by atoms with van der Waals surface area (Å²) in [5.41, 5.74) is 2.52. The summed E-state index contributed by atoms with van der Waals surface area (Å²) < 4.78 is 1.76. The van der Waals surface area contributed by atoms with Crippen LogP contribution in [0.2, 0.25) is 0 Å². The van der Waals surface area contributed by atoms with Crippen molar-refractivity contribution in [2.45, 2.75) is 16.5 Å². The molecule has 0 unspecified atom stereocenters. The molecule has 2 rings (SSSR count). The van der Waals surface area contributed by atoms with Crippen LogP contribution in [0.15, 0.2) is 45.7 Å². The number of benzene rings is 1. The van der Waals surface area contributed by atoms with Crippen molar-refractivity contribution < 1.29 is 9.72 Å². The van der Waals surface area contributed by atoms with E-state index in [4.69, 9.17) is 5.26 Å². The number of nitriles is 1. The van der Waals surface area contributed by atoms with Gasteiger partial charge in [0.05, 0.1) is 22.1 Å². The lowest BCUT2D eigenvalue weighted by Gasteiger charge is -2.04. The Balaban J connectivity index is 2.19. The van der Waals surface area contributed by atoms with Crippen LogP contribution in [-0.2, 0) is 11.8 Å². The minimum atomic E-state index is -0.551. The molecule has 0 atom stereocenters. The Bertz CT molecular complexity index is 839. The number of nitrogens with one attached hydrogen (secondary N) is 1. The predicted octanol–water partition coefficient (Wildman–Crippen LogP) is 1.84. The quantitative estimate of drug-likeness (QED) is 0.484. The number of hydrogen-bond donors (Lipinski definition) is 1. The first-order valence-corrected chi connectivity index (χ1v) is 7.45. The summed E-state index contributed by atoms with van der Waals surface area (Å²) in [5.74, 6) is -0.551. The number of aryl methyl sites for hydroxylation is 1. The molecule has 0 aliphatic carbocycles. The average molecular weight is 344 g/mol. The van der Waals surface area contributed by atoms with Crippen molar-refractivity contribution in [3.8, 4) is 6.07 Å². The molecule has 0 radical (unpaired) electrons. The molecule has 0 spiro atoms. The van der Waals surface area contributed by atoms with Gasteiger partial charge in [0.25, 0.3) is 11.6 Å². The summed E-state index contributed by atoms with van der Waals surface area (Å²) in [7, 11) is 1.80. The topological polar surface area (TPSA) is 126 Å². The maximum atomic E-state index is 11.3. The Morgan fingerprint density at radius 1 is 1.62 bits per heavy atom. The minimum Gasteiger partial charge on any atom is -0.329 e. The van der Waals surface area contributed by atoms with Gasteiger partial charge in [-0.3, -0.25) is 14.9 Å². The van der Waals surface area contributed by atoms with Gasteiger partial charge < -0.3 is 4.57 Å². The predicted molar refractivity (Wildman–Crippen MR) is 86.4 cm³/mol. The second-order valence-electron chi connectivity index (χ2n) is 4.54. The molecule has 10 heteroatoms. The average Bonchev–Trinajstić information content (AvgIpc) is 2.94. The number of nitro groups is 1. The molecule has 0 aliphatic rings. The number of amides is 1. The Hall–Kier alpha value is -3.19. The first-order chi connectivity index (χ1) is 11.5. The summed E-state index contributed by atoms with van der Waals surface area (Å²) in [5, 5.41) is 23.9. The highest BCUT2D eigenvalue weighted by Crippen LogP contribution is 2.34. The van der Waals surface area contributed by atoms with E-state index < -0.39 is 10.8 Å². The smallest absolute Gasteiger partial charge is 0.283 e. The molecule has 1 heterocycles. The maximum Gasteiger partial charge on any atom is 0.283 e. The third kappa shape index (κ3) is 4.40. The van der Waals surface area contributed by atoms with Gasteiger partial charge in [0.15, 0.2) is 5.16 Å². The molecule has 0 saturated carbocycles. The Kier molecular flexibility index (Phi) is 5.64. The number of hydrazone groups is 1. The highest BCUT2D eigenvalue weighted by molar-refractivity contribution is 7.99. The molecule has 24 heavy (non-hydrogen) atoms. The van der Waals surface area contributed by atoms with Gasteiger partial charge in [0.1, 0.15) is 6.42 Å². The van der Waals surface area contributed by atoms with E-state index in [0.717, 1.165) is 0 Å². The fourth-order valence-electron chi connectivity index (χ4n) is 1.68. The first kappa shape index (κ1) is 17.2. The molecule has 0 aliphatic heterocycles. The van der Waals surface area contributed by atoms with Crippen LogP contribution in [0.25, 0.3) is 0 Å². The molecule has 0 fully saturated rings. The van der Waals surface area contributed by atoms with Gasteiger partial charge in [-0.2, -0.15) is 10.4 Å². The van der Waals surface area contributed by atoms with Crippen LogP contribution in [0, 0.1) is 21.4 Å². The number of nitrogens with zero attached hydrogens (tertiary/aromatic N) is 5. The zero-order valence-electron chi connectivity index (χ0n) is 12.5. The van der Waals surface area contributed by atoms with Gasteiger partial charge in [-0.15, -0.1) is 0 Å². The minimum absolute atomic E-state index is 0.0877. The van der Waals surface area contributed by atoms with E-state index >= 15 is 0 Å². The molecule has 1 aromatic carbocycles. The number of carbonyl (C=O) groups excluding carboxylic acids is 1. The van der Waals surface area contributed by atoms with Crippen molar-refractivity contribution in [1.82, 2.24) is 15.0 Å². The lowest BCUT2D eigenvalue weighted by atomic mass is 10.2. The van der Waals surface area contributed by atoms with E-state index in [-0.39, 0.29) is 12.1 Å². The molecule has 1 amide bonds. The standard InChI is InChI=1S/C14H12N6O3S/c1-19-7-6-16-14(19)24-12-3-2-10(8-11(12)20(22)23)9-17-18-13(21)4-5-15/h2-3,6-9H,4H2,1H3,(H,18,21). The first-order valence-electron chi connectivity index (χ1n) is 6.63. The number of hydrogen-bond acceptors (Lipinski definition) is 7. The van der Waals surface area contributed by atoms with Crippen LogP contribution in [0.5, 0.6) is 0 Å².